The van der Waals surface area contributed by atoms with Gasteiger partial charge in [-0.1, -0.05) is 0 Å². The van der Waals surface area contributed by atoms with Crippen LogP contribution in [0, 0.1) is 25.2 Å². The van der Waals surface area contributed by atoms with Crippen molar-refractivity contribution in [2.24, 2.45) is 11.3 Å². The maximum atomic E-state index is 12.0. The lowest BCUT2D eigenvalue weighted by Gasteiger charge is -2.25. The number of fused-ring (bicyclic) bond motifs is 1. The molecular formula is C16H25N3O3S. The molecule has 0 aromatic carbocycles. The van der Waals surface area contributed by atoms with Gasteiger partial charge in [-0.3, -0.25) is 14.6 Å². The average Bonchev–Trinajstić information content (AvgIpc) is 3.08. The van der Waals surface area contributed by atoms with Crippen LogP contribution in [-0.2, 0) is 16.1 Å². The van der Waals surface area contributed by atoms with Crippen molar-refractivity contribution in [1.82, 2.24) is 14.8 Å². The number of hydrogen-bond donors (Lipinski definition) is 1. The number of ether oxygens (including phenoxy) is 1. The highest BCUT2D eigenvalue weighted by atomic mass is 32.1. The summed E-state index contributed by atoms with van der Waals surface area (Å²) in [6.07, 6.45) is 0. The fourth-order valence-corrected chi connectivity index (χ4v) is 4.99. The van der Waals surface area contributed by atoms with Gasteiger partial charge in [0.1, 0.15) is 0 Å². The predicted molar refractivity (Wildman–Crippen MR) is 88.7 cm³/mol. The van der Waals surface area contributed by atoms with Gasteiger partial charge in [-0.05, 0) is 13.8 Å². The van der Waals surface area contributed by atoms with Crippen LogP contribution in [0.25, 0.3) is 0 Å². The first kappa shape index (κ1) is 16.8. The van der Waals surface area contributed by atoms with Crippen LogP contribution in [0.15, 0.2) is 0 Å². The first-order valence-corrected chi connectivity index (χ1v) is 8.86. The normalized spacial score (nSPS) is 28.4. The Hall–Kier alpha value is -1.02. The van der Waals surface area contributed by atoms with Gasteiger partial charge < -0.3 is 9.84 Å². The summed E-state index contributed by atoms with van der Waals surface area (Å²) in [7, 11) is 1.69. The quantitative estimate of drug-likeness (QED) is 0.841. The molecule has 1 aromatic rings. The van der Waals surface area contributed by atoms with Crippen LogP contribution >= 0.6 is 11.3 Å². The van der Waals surface area contributed by atoms with Crippen molar-refractivity contribution >= 4 is 17.3 Å². The van der Waals surface area contributed by atoms with Crippen molar-refractivity contribution in [2.75, 3.05) is 46.4 Å². The van der Waals surface area contributed by atoms with E-state index in [-0.39, 0.29) is 5.92 Å². The van der Waals surface area contributed by atoms with Crippen molar-refractivity contribution in [3.8, 4) is 0 Å². The van der Waals surface area contributed by atoms with Gasteiger partial charge in [0.15, 0.2) is 0 Å². The van der Waals surface area contributed by atoms with Gasteiger partial charge >= 0.3 is 5.97 Å². The molecule has 1 aromatic heterocycles. The Bertz CT molecular complexity index is 591. The molecule has 0 saturated carbocycles. The van der Waals surface area contributed by atoms with Gasteiger partial charge in [-0.25, -0.2) is 4.98 Å². The number of carbonyl (C=O) groups is 1. The van der Waals surface area contributed by atoms with E-state index in [0.717, 1.165) is 36.9 Å². The fraction of sp³-hybridized carbons (Fsp3) is 0.750. The molecule has 128 valence electrons. The minimum atomic E-state index is -0.651. The second-order valence-electron chi connectivity index (χ2n) is 6.80. The minimum Gasteiger partial charge on any atom is -0.481 e. The Morgan fingerprint density at radius 1 is 1.39 bits per heavy atom. The van der Waals surface area contributed by atoms with Crippen LogP contribution in [0.1, 0.15) is 15.6 Å². The number of methoxy groups -OCH3 is 1. The zero-order chi connectivity index (χ0) is 16.6. The number of nitrogens with zero attached hydrogens (tertiary/aromatic N) is 3. The molecule has 1 N–H and O–H groups in total. The summed E-state index contributed by atoms with van der Waals surface area (Å²) in [5.74, 6) is -0.451. The Labute approximate surface area is 141 Å². The Kier molecular flexibility index (Phi) is 4.73. The number of carboxylic acids is 1. The van der Waals surface area contributed by atoms with Gasteiger partial charge in [0.05, 0.1) is 22.7 Å². The molecule has 6 nitrogen and oxygen atoms in total. The van der Waals surface area contributed by atoms with Crippen LogP contribution in [0.3, 0.4) is 0 Å². The summed E-state index contributed by atoms with van der Waals surface area (Å²) < 4.78 is 5.13. The molecule has 7 heteroatoms. The standard InChI is InChI=1S/C16H25N3O3S/c1-11-14(23-12(2)17-11)8-19-7-13-6-18(4-5-22-3)9-16(13,10-19)15(20)21/h13H,4-10H2,1-3H3,(H,20,21)/t13-,16-/m1/s1. The van der Waals surface area contributed by atoms with Crippen LogP contribution < -0.4 is 0 Å². The molecule has 2 atom stereocenters. The van der Waals surface area contributed by atoms with Crippen LogP contribution in [0.4, 0.5) is 0 Å². The summed E-state index contributed by atoms with van der Waals surface area (Å²) >= 11 is 1.72. The van der Waals surface area contributed by atoms with Gasteiger partial charge in [0.2, 0.25) is 0 Å². The van der Waals surface area contributed by atoms with E-state index in [0.29, 0.717) is 19.7 Å². The number of rotatable bonds is 6. The van der Waals surface area contributed by atoms with E-state index in [1.54, 1.807) is 18.4 Å². The Morgan fingerprint density at radius 3 is 2.65 bits per heavy atom. The number of likely N-dealkylation sites (tertiary alicyclic amines) is 2. The zero-order valence-electron chi connectivity index (χ0n) is 14.0. The molecule has 0 bridgehead atoms. The molecule has 0 amide bonds. The number of aliphatic carboxylic acids is 1. The molecule has 2 saturated heterocycles. The molecule has 3 heterocycles. The zero-order valence-corrected chi connectivity index (χ0v) is 14.9. The topological polar surface area (TPSA) is 65.9 Å². The Balaban J connectivity index is 1.69. The third kappa shape index (κ3) is 3.15. The third-order valence-corrected chi connectivity index (χ3v) is 6.21. The number of aromatic nitrogens is 1. The summed E-state index contributed by atoms with van der Waals surface area (Å²) in [6.45, 7) is 9.32. The van der Waals surface area contributed by atoms with Crippen LogP contribution in [0.2, 0.25) is 0 Å². The average molecular weight is 339 g/mol. The van der Waals surface area contributed by atoms with Crippen molar-refractivity contribution in [1.29, 1.82) is 0 Å². The van der Waals surface area contributed by atoms with Crippen molar-refractivity contribution < 1.29 is 14.6 Å². The van der Waals surface area contributed by atoms with E-state index in [4.69, 9.17) is 4.74 Å². The monoisotopic (exact) mass is 339 g/mol. The molecule has 23 heavy (non-hydrogen) atoms. The highest BCUT2D eigenvalue weighted by Gasteiger charge is 2.57. The van der Waals surface area contributed by atoms with Gasteiger partial charge in [-0.15, -0.1) is 11.3 Å². The Morgan fingerprint density at radius 2 is 2.09 bits per heavy atom. The lowest BCUT2D eigenvalue weighted by molar-refractivity contribution is -0.149. The first-order valence-electron chi connectivity index (χ1n) is 8.04. The SMILES string of the molecule is COCCN1C[C@@H]2CN(Cc3sc(C)nc3C)C[C@]2(C(=O)O)C1. The number of hydrogen-bond acceptors (Lipinski definition) is 6. The van der Waals surface area contributed by atoms with Crippen molar-refractivity contribution in [3.05, 3.63) is 15.6 Å². The molecule has 0 radical (unpaired) electrons. The number of thiazole rings is 1. The fourth-order valence-electron chi connectivity index (χ4n) is 4.01. The van der Waals surface area contributed by atoms with Crippen LogP contribution in [0.5, 0.6) is 0 Å². The van der Waals surface area contributed by atoms with Crippen molar-refractivity contribution in [2.45, 2.75) is 20.4 Å². The van der Waals surface area contributed by atoms with E-state index < -0.39 is 11.4 Å². The molecule has 3 rings (SSSR count). The van der Waals surface area contributed by atoms with E-state index in [1.165, 1.54) is 4.88 Å². The molecule has 0 spiro atoms. The van der Waals surface area contributed by atoms with Crippen molar-refractivity contribution in [3.63, 3.8) is 0 Å². The predicted octanol–water partition coefficient (Wildman–Crippen LogP) is 1.22. The number of carboxylic acid groups (broad SMARTS) is 1. The number of aryl methyl sites for hydroxylation is 2. The van der Waals surface area contributed by atoms with E-state index in [9.17, 15) is 9.90 Å². The molecule has 0 unspecified atom stereocenters. The summed E-state index contributed by atoms with van der Waals surface area (Å²) in [5, 5.41) is 10.9. The van der Waals surface area contributed by atoms with E-state index in [1.807, 2.05) is 13.8 Å². The van der Waals surface area contributed by atoms with E-state index >= 15 is 0 Å². The lowest BCUT2D eigenvalue weighted by Crippen LogP contribution is -2.41. The maximum Gasteiger partial charge on any atom is 0.312 e. The van der Waals surface area contributed by atoms with Gasteiger partial charge in [-0.2, -0.15) is 0 Å². The molecular weight excluding hydrogens is 314 g/mol. The summed E-state index contributed by atoms with van der Waals surface area (Å²) in [5.41, 5.74) is 0.456. The maximum absolute atomic E-state index is 12.0. The molecule has 0 aliphatic carbocycles. The van der Waals surface area contributed by atoms with Gasteiger partial charge in [0, 0.05) is 57.2 Å². The largest absolute Gasteiger partial charge is 0.481 e. The second kappa shape index (κ2) is 6.47. The second-order valence-corrected chi connectivity index (χ2v) is 8.08. The lowest BCUT2D eigenvalue weighted by atomic mass is 9.81. The highest BCUT2D eigenvalue weighted by molar-refractivity contribution is 7.11. The smallest absolute Gasteiger partial charge is 0.312 e. The highest BCUT2D eigenvalue weighted by Crippen LogP contribution is 2.43. The summed E-state index contributed by atoms with van der Waals surface area (Å²) in [4.78, 5) is 22.3. The first-order chi connectivity index (χ1) is 10.9. The van der Waals surface area contributed by atoms with Crippen LogP contribution in [-0.4, -0.2) is 72.3 Å². The molecule has 2 aliphatic rings. The molecule has 2 fully saturated rings. The van der Waals surface area contributed by atoms with Gasteiger partial charge in [0.25, 0.3) is 0 Å². The third-order valence-electron chi connectivity index (χ3n) is 5.15. The minimum absolute atomic E-state index is 0.200. The van der Waals surface area contributed by atoms with E-state index in [2.05, 4.69) is 14.8 Å². The summed E-state index contributed by atoms with van der Waals surface area (Å²) in [6, 6.07) is 0. The molecule has 2 aliphatic heterocycles.